The minimum absolute atomic E-state index is 0.406. The Balaban J connectivity index is 2.14. The van der Waals surface area contributed by atoms with Gasteiger partial charge in [-0.25, -0.2) is 4.98 Å². The van der Waals surface area contributed by atoms with E-state index in [1.807, 2.05) is 24.3 Å². The average Bonchev–Trinajstić information content (AvgIpc) is 2.60. The molecule has 0 amide bonds. The monoisotopic (exact) mass is 207 g/mol. The molecular weight excluding hydrogens is 198 g/mol. The van der Waals surface area contributed by atoms with Crippen molar-refractivity contribution in [2.45, 2.75) is 6.42 Å². The molecule has 0 aliphatic carbocycles. The Morgan fingerprint density at radius 1 is 1.43 bits per heavy atom. The average molecular weight is 207 g/mol. The van der Waals surface area contributed by atoms with E-state index in [9.17, 15) is 4.79 Å². The normalized spacial score (nSPS) is 10.3. The smallest absolute Gasteiger partial charge is 0.293 e. The summed E-state index contributed by atoms with van der Waals surface area (Å²) >= 11 is 1.64. The lowest BCUT2D eigenvalue weighted by atomic mass is 10.3. The molecule has 1 aromatic heterocycles. The molecule has 0 saturated heterocycles. The van der Waals surface area contributed by atoms with Crippen molar-refractivity contribution in [2.75, 3.05) is 6.61 Å². The maximum atomic E-state index is 9.93. The number of hydrogen-bond acceptors (Lipinski definition) is 4. The Hall–Kier alpha value is -1.42. The van der Waals surface area contributed by atoms with Gasteiger partial charge in [0.1, 0.15) is 0 Å². The Morgan fingerprint density at radius 3 is 3.07 bits per heavy atom. The van der Waals surface area contributed by atoms with Crippen LogP contribution < -0.4 is 0 Å². The highest BCUT2D eigenvalue weighted by atomic mass is 32.1. The lowest BCUT2D eigenvalue weighted by Crippen LogP contribution is -1.95. The molecule has 0 aliphatic heterocycles. The zero-order valence-electron chi connectivity index (χ0n) is 7.47. The number of carbonyl (C=O) groups excluding carboxylic acids is 1. The number of nitrogens with zero attached hydrogens (tertiary/aromatic N) is 1. The van der Waals surface area contributed by atoms with Crippen molar-refractivity contribution in [1.29, 1.82) is 0 Å². The summed E-state index contributed by atoms with van der Waals surface area (Å²) in [5, 5.41) is 1.01. The van der Waals surface area contributed by atoms with E-state index < -0.39 is 0 Å². The van der Waals surface area contributed by atoms with E-state index in [1.165, 1.54) is 4.70 Å². The molecule has 2 aromatic rings. The Labute approximate surface area is 85.3 Å². The summed E-state index contributed by atoms with van der Waals surface area (Å²) in [5.74, 6) is 0. The molecule has 0 saturated carbocycles. The summed E-state index contributed by atoms with van der Waals surface area (Å²) in [6.07, 6.45) is 0.693. The summed E-state index contributed by atoms with van der Waals surface area (Å²) in [6.45, 7) is 0.872. The number of benzene rings is 1. The molecule has 2 rings (SSSR count). The van der Waals surface area contributed by atoms with Gasteiger partial charge in [-0.05, 0) is 12.1 Å². The fourth-order valence-corrected chi connectivity index (χ4v) is 2.17. The third kappa shape index (κ3) is 1.90. The van der Waals surface area contributed by atoms with Crippen molar-refractivity contribution in [2.24, 2.45) is 0 Å². The number of para-hydroxylation sites is 1. The number of fused-ring (bicyclic) bond motifs is 1. The fraction of sp³-hybridized carbons (Fsp3) is 0.200. The van der Waals surface area contributed by atoms with Crippen LogP contribution in [0.3, 0.4) is 0 Å². The summed E-state index contributed by atoms with van der Waals surface area (Å²) < 4.78 is 5.79. The number of aromatic nitrogens is 1. The van der Waals surface area contributed by atoms with Gasteiger partial charge < -0.3 is 4.74 Å². The minimum atomic E-state index is 0.406. The molecule has 4 heteroatoms. The van der Waals surface area contributed by atoms with Gasteiger partial charge in [0.2, 0.25) is 0 Å². The summed E-state index contributed by atoms with van der Waals surface area (Å²) in [5.41, 5.74) is 1.01. The van der Waals surface area contributed by atoms with Crippen LogP contribution in [0.15, 0.2) is 24.3 Å². The molecule has 1 aromatic carbocycles. The highest BCUT2D eigenvalue weighted by Crippen LogP contribution is 2.21. The lowest BCUT2D eigenvalue weighted by molar-refractivity contribution is -0.128. The second kappa shape index (κ2) is 4.19. The maximum Gasteiger partial charge on any atom is 0.293 e. The van der Waals surface area contributed by atoms with Crippen LogP contribution in [0.25, 0.3) is 10.2 Å². The molecule has 72 valence electrons. The largest absolute Gasteiger partial charge is 0.467 e. The summed E-state index contributed by atoms with van der Waals surface area (Å²) in [6, 6.07) is 7.98. The molecule has 0 N–H and O–H groups in total. The van der Waals surface area contributed by atoms with Crippen LogP contribution in [0.2, 0.25) is 0 Å². The lowest BCUT2D eigenvalue weighted by Gasteiger charge is -1.92. The summed E-state index contributed by atoms with van der Waals surface area (Å²) in [4.78, 5) is 14.3. The van der Waals surface area contributed by atoms with Gasteiger partial charge in [-0.15, -0.1) is 11.3 Å². The first-order valence-corrected chi connectivity index (χ1v) is 5.11. The molecule has 0 unspecified atom stereocenters. The SMILES string of the molecule is O=COCCc1nc2ccccc2s1. The highest BCUT2D eigenvalue weighted by molar-refractivity contribution is 7.18. The third-order valence-electron chi connectivity index (χ3n) is 1.84. The first kappa shape index (κ1) is 9.15. The maximum absolute atomic E-state index is 9.93. The minimum Gasteiger partial charge on any atom is -0.467 e. The van der Waals surface area contributed by atoms with Crippen LogP contribution in [-0.2, 0) is 16.0 Å². The van der Waals surface area contributed by atoms with Gasteiger partial charge in [0.25, 0.3) is 6.47 Å². The topological polar surface area (TPSA) is 39.2 Å². The van der Waals surface area contributed by atoms with Crippen molar-refractivity contribution in [3.8, 4) is 0 Å². The molecule has 0 aliphatic rings. The van der Waals surface area contributed by atoms with E-state index in [-0.39, 0.29) is 0 Å². The van der Waals surface area contributed by atoms with Gasteiger partial charge in [-0.3, -0.25) is 4.79 Å². The highest BCUT2D eigenvalue weighted by Gasteiger charge is 2.02. The first-order valence-electron chi connectivity index (χ1n) is 4.30. The van der Waals surface area contributed by atoms with Gasteiger partial charge in [0, 0.05) is 6.42 Å². The molecule has 0 fully saturated rings. The van der Waals surface area contributed by atoms with Crippen LogP contribution in [0.4, 0.5) is 0 Å². The Morgan fingerprint density at radius 2 is 2.29 bits per heavy atom. The number of ether oxygens (including phenoxy) is 1. The number of hydrogen-bond donors (Lipinski definition) is 0. The van der Waals surface area contributed by atoms with Crippen LogP contribution in [0, 0.1) is 0 Å². The van der Waals surface area contributed by atoms with Crippen molar-refractivity contribution >= 4 is 28.0 Å². The van der Waals surface area contributed by atoms with Gasteiger partial charge >= 0.3 is 0 Å². The second-order valence-corrected chi connectivity index (χ2v) is 3.91. The van der Waals surface area contributed by atoms with E-state index in [1.54, 1.807) is 11.3 Å². The van der Waals surface area contributed by atoms with E-state index >= 15 is 0 Å². The summed E-state index contributed by atoms with van der Waals surface area (Å²) in [7, 11) is 0. The fourth-order valence-electron chi connectivity index (χ4n) is 1.22. The molecule has 14 heavy (non-hydrogen) atoms. The predicted molar refractivity (Wildman–Crippen MR) is 55.3 cm³/mol. The van der Waals surface area contributed by atoms with Gasteiger partial charge in [-0.1, -0.05) is 12.1 Å². The number of thiazole rings is 1. The van der Waals surface area contributed by atoms with E-state index in [4.69, 9.17) is 0 Å². The number of rotatable bonds is 4. The zero-order chi connectivity index (χ0) is 9.80. The van der Waals surface area contributed by atoms with Crippen molar-refractivity contribution in [1.82, 2.24) is 4.98 Å². The van der Waals surface area contributed by atoms with E-state index in [2.05, 4.69) is 9.72 Å². The molecule has 0 radical (unpaired) electrons. The molecule has 0 spiro atoms. The van der Waals surface area contributed by atoms with Crippen LogP contribution in [0.1, 0.15) is 5.01 Å². The molecule has 0 atom stereocenters. The van der Waals surface area contributed by atoms with E-state index in [0.717, 1.165) is 10.5 Å². The van der Waals surface area contributed by atoms with Crippen LogP contribution in [-0.4, -0.2) is 18.1 Å². The predicted octanol–water partition coefficient (Wildman–Crippen LogP) is 2.01. The van der Waals surface area contributed by atoms with Gasteiger partial charge in [0.05, 0.1) is 21.8 Å². The second-order valence-electron chi connectivity index (χ2n) is 2.79. The number of carbonyl (C=O) groups is 1. The van der Waals surface area contributed by atoms with Gasteiger partial charge in [-0.2, -0.15) is 0 Å². The standard InChI is InChI=1S/C10H9NO2S/c12-7-13-6-5-10-11-8-3-1-2-4-9(8)14-10/h1-4,7H,5-6H2. The third-order valence-corrected chi connectivity index (χ3v) is 2.94. The molecule has 0 bridgehead atoms. The first-order chi connectivity index (χ1) is 6.90. The van der Waals surface area contributed by atoms with E-state index in [0.29, 0.717) is 19.5 Å². The Bertz CT molecular complexity index is 405. The van der Waals surface area contributed by atoms with Crippen molar-refractivity contribution < 1.29 is 9.53 Å². The van der Waals surface area contributed by atoms with Gasteiger partial charge in [0.15, 0.2) is 0 Å². The Kier molecular flexibility index (Phi) is 2.74. The molecule has 3 nitrogen and oxygen atoms in total. The van der Waals surface area contributed by atoms with Crippen LogP contribution in [0.5, 0.6) is 0 Å². The van der Waals surface area contributed by atoms with Crippen LogP contribution >= 0.6 is 11.3 Å². The quantitative estimate of drug-likeness (QED) is 0.568. The van der Waals surface area contributed by atoms with Crippen molar-refractivity contribution in [3.05, 3.63) is 29.3 Å². The molecular formula is C10H9NO2S. The van der Waals surface area contributed by atoms with Crippen molar-refractivity contribution in [3.63, 3.8) is 0 Å². The molecule has 1 heterocycles. The zero-order valence-corrected chi connectivity index (χ0v) is 8.29.